The Labute approximate surface area is 406 Å². The normalized spacial score (nSPS) is 17.9. The predicted octanol–water partition coefficient (Wildman–Crippen LogP) is 18.8. The van der Waals surface area contributed by atoms with Crippen molar-refractivity contribution in [2.45, 2.75) is 37.5 Å². The van der Waals surface area contributed by atoms with Crippen LogP contribution in [0.25, 0.3) is 89.0 Å². The lowest BCUT2D eigenvalue weighted by atomic mass is 9.71. The second-order valence-corrected chi connectivity index (χ2v) is 20.0. The third-order valence-electron chi connectivity index (χ3n) is 16.2. The van der Waals surface area contributed by atoms with Crippen molar-refractivity contribution in [1.29, 1.82) is 0 Å². The third-order valence-corrected chi connectivity index (χ3v) is 16.2. The summed E-state index contributed by atoms with van der Waals surface area (Å²) < 4.78 is 0. The van der Waals surface area contributed by atoms with Crippen LogP contribution in [0.4, 0.5) is 17.1 Å². The predicted molar refractivity (Wildman–Crippen MR) is 289 cm³/mol. The van der Waals surface area contributed by atoms with Crippen molar-refractivity contribution in [2.75, 3.05) is 4.90 Å². The second kappa shape index (κ2) is 16.4. The molecule has 0 radical (unpaired) electrons. The summed E-state index contributed by atoms with van der Waals surface area (Å²) in [6.45, 7) is 0. The van der Waals surface area contributed by atoms with E-state index in [1.807, 2.05) is 0 Å². The minimum Gasteiger partial charge on any atom is -0.310 e. The molecule has 4 aliphatic carbocycles. The first-order valence-corrected chi connectivity index (χ1v) is 25.0. The number of rotatable bonds is 6. The van der Waals surface area contributed by atoms with Crippen molar-refractivity contribution < 1.29 is 0 Å². The van der Waals surface area contributed by atoms with Crippen molar-refractivity contribution in [3.05, 3.63) is 248 Å². The zero-order chi connectivity index (χ0) is 45.4. The summed E-state index contributed by atoms with van der Waals surface area (Å²) >= 11 is 0. The van der Waals surface area contributed by atoms with E-state index in [0.29, 0.717) is 11.8 Å². The molecule has 4 unspecified atom stereocenters. The van der Waals surface area contributed by atoms with Crippen molar-refractivity contribution in [3.8, 4) is 89.0 Å². The number of hydrogen-bond donors (Lipinski definition) is 0. The summed E-state index contributed by atoms with van der Waals surface area (Å²) in [7, 11) is 0. The zero-order valence-corrected chi connectivity index (χ0v) is 38.6. The SMILES string of the molecule is c1ccc(-c2ccc(-c3cccc(N(c4ccc5c(c4)C4CC6CC(C4)C(C6)c4ccccc4-5)c4cccc5c4-c4cc(-c6ccccc6)ccc4-c4ccccc4-c4ccccc4-5)c3)cc2)cc1. The van der Waals surface area contributed by atoms with Crippen LogP contribution in [-0.4, -0.2) is 0 Å². The Morgan fingerprint density at radius 2 is 0.783 bits per heavy atom. The molecule has 0 aliphatic heterocycles. The van der Waals surface area contributed by atoms with E-state index >= 15 is 0 Å². The molecule has 0 heterocycles. The van der Waals surface area contributed by atoms with Gasteiger partial charge in [-0.05, 0) is 180 Å². The molecule has 2 fully saturated rings. The van der Waals surface area contributed by atoms with Gasteiger partial charge in [-0.25, -0.2) is 0 Å². The topological polar surface area (TPSA) is 3.24 Å². The quantitative estimate of drug-likeness (QED) is 0.161. The van der Waals surface area contributed by atoms with E-state index in [1.165, 1.54) is 132 Å². The molecule has 0 spiro atoms. The summed E-state index contributed by atoms with van der Waals surface area (Å²) in [6, 6.07) is 89.1. The monoisotopic (exact) mass is 881 g/mol. The lowest BCUT2D eigenvalue weighted by Crippen LogP contribution is -2.20. The molecule has 14 rings (SSSR count). The Balaban J connectivity index is 1.03. The molecule has 4 aliphatic rings. The average Bonchev–Trinajstić information content (AvgIpc) is 3.74. The van der Waals surface area contributed by atoms with Gasteiger partial charge in [-0.3, -0.25) is 0 Å². The molecule has 1 nitrogen and oxygen atoms in total. The number of hydrogen-bond acceptors (Lipinski definition) is 1. The summed E-state index contributed by atoms with van der Waals surface area (Å²) in [4.78, 5) is 2.60. The standard InChI is InChI=1S/C68H51N/c1-3-15-45(16-4-1)47-29-31-48(32-30-47)49-19-13-20-53(41-49)69(54-34-36-61-58-24-10-12-26-60(58)64-39-44-37-51(64)40-52(38-44)65(61)43-54)67-28-14-27-63-59-25-11-9-22-56(59)55-21-7-8-23-57(55)62-35-33-50(42-66(62)68(63)67)46-17-5-2-6-18-46/h1-36,41-44,51-52,64H,37-40H2. The Kier molecular flexibility index (Phi) is 9.51. The molecule has 0 N–H and O–H groups in total. The Bertz CT molecular complexity index is 3580. The van der Waals surface area contributed by atoms with E-state index in [0.717, 1.165) is 17.5 Å². The van der Waals surface area contributed by atoms with E-state index in [-0.39, 0.29) is 0 Å². The summed E-state index contributed by atoms with van der Waals surface area (Å²) in [5, 5.41) is 0. The van der Waals surface area contributed by atoms with E-state index in [2.05, 4.69) is 241 Å². The molecule has 10 aromatic carbocycles. The molecular weight excluding hydrogens is 831 g/mol. The molecule has 0 saturated heterocycles. The van der Waals surface area contributed by atoms with Crippen LogP contribution in [-0.2, 0) is 0 Å². The number of benzene rings is 10. The second-order valence-electron chi connectivity index (χ2n) is 20.0. The maximum Gasteiger partial charge on any atom is 0.0546 e. The van der Waals surface area contributed by atoms with Crippen molar-refractivity contribution in [2.24, 2.45) is 11.8 Å². The molecule has 4 atom stereocenters. The van der Waals surface area contributed by atoms with Crippen LogP contribution >= 0.6 is 0 Å². The molecule has 69 heavy (non-hydrogen) atoms. The van der Waals surface area contributed by atoms with Crippen LogP contribution in [0.2, 0.25) is 0 Å². The summed E-state index contributed by atoms with van der Waals surface area (Å²) in [6.07, 6.45) is 5.25. The molecule has 0 amide bonds. The Hall–Kier alpha value is -8.00. The summed E-state index contributed by atoms with van der Waals surface area (Å²) in [5.74, 6) is 2.74. The van der Waals surface area contributed by atoms with Crippen LogP contribution in [0.1, 0.15) is 48.6 Å². The average molecular weight is 882 g/mol. The van der Waals surface area contributed by atoms with Gasteiger partial charge in [0.25, 0.3) is 0 Å². The highest BCUT2D eigenvalue weighted by molar-refractivity contribution is 6.08. The van der Waals surface area contributed by atoms with Gasteiger partial charge in [0.15, 0.2) is 0 Å². The number of fused-ring (bicyclic) bond motifs is 15. The fourth-order valence-corrected chi connectivity index (χ4v) is 13.2. The van der Waals surface area contributed by atoms with Crippen LogP contribution in [0.5, 0.6) is 0 Å². The highest BCUT2D eigenvalue weighted by Gasteiger charge is 2.44. The molecular formula is C68H51N. The van der Waals surface area contributed by atoms with Gasteiger partial charge in [0.05, 0.1) is 5.69 Å². The van der Waals surface area contributed by atoms with Gasteiger partial charge < -0.3 is 4.90 Å². The largest absolute Gasteiger partial charge is 0.310 e. The van der Waals surface area contributed by atoms with E-state index in [4.69, 9.17) is 0 Å². The lowest BCUT2D eigenvalue weighted by molar-refractivity contribution is 0.312. The molecule has 2 saturated carbocycles. The van der Waals surface area contributed by atoms with E-state index in [9.17, 15) is 0 Å². The minimum absolute atomic E-state index is 0.535. The van der Waals surface area contributed by atoms with Crippen LogP contribution in [0.15, 0.2) is 237 Å². The smallest absolute Gasteiger partial charge is 0.0546 e. The molecule has 10 aromatic rings. The van der Waals surface area contributed by atoms with Gasteiger partial charge in [0.2, 0.25) is 0 Å². The van der Waals surface area contributed by atoms with Crippen molar-refractivity contribution >= 4 is 17.1 Å². The molecule has 3 bridgehead atoms. The van der Waals surface area contributed by atoms with Gasteiger partial charge in [-0.2, -0.15) is 0 Å². The first-order valence-electron chi connectivity index (χ1n) is 25.0. The lowest BCUT2D eigenvalue weighted by Gasteiger charge is -2.36. The minimum atomic E-state index is 0.535. The van der Waals surface area contributed by atoms with Gasteiger partial charge >= 0.3 is 0 Å². The molecule has 1 heteroatoms. The highest BCUT2D eigenvalue weighted by atomic mass is 15.1. The van der Waals surface area contributed by atoms with Crippen LogP contribution in [0, 0.1) is 11.8 Å². The summed E-state index contributed by atoms with van der Waals surface area (Å²) in [5.41, 5.74) is 26.6. The maximum absolute atomic E-state index is 2.61. The molecule has 328 valence electrons. The zero-order valence-electron chi connectivity index (χ0n) is 38.6. The van der Waals surface area contributed by atoms with Crippen LogP contribution in [0.3, 0.4) is 0 Å². The fourth-order valence-electron chi connectivity index (χ4n) is 13.2. The maximum atomic E-state index is 2.61. The van der Waals surface area contributed by atoms with Gasteiger partial charge in [0, 0.05) is 16.9 Å². The third kappa shape index (κ3) is 6.74. The van der Waals surface area contributed by atoms with Gasteiger partial charge in [-0.1, -0.05) is 200 Å². The van der Waals surface area contributed by atoms with E-state index < -0.39 is 0 Å². The van der Waals surface area contributed by atoms with Crippen molar-refractivity contribution in [3.63, 3.8) is 0 Å². The number of anilines is 3. The number of nitrogens with zero attached hydrogens (tertiary/aromatic N) is 1. The van der Waals surface area contributed by atoms with Gasteiger partial charge in [-0.15, -0.1) is 0 Å². The van der Waals surface area contributed by atoms with Crippen molar-refractivity contribution in [1.82, 2.24) is 0 Å². The van der Waals surface area contributed by atoms with Gasteiger partial charge in [0.1, 0.15) is 0 Å². The van der Waals surface area contributed by atoms with E-state index in [1.54, 1.807) is 5.56 Å². The fraction of sp³-hybridized carbons (Fsp3) is 0.118. The highest BCUT2D eigenvalue weighted by Crippen LogP contribution is 2.60. The Morgan fingerprint density at radius 3 is 1.51 bits per heavy atom. The first kappa shape index (κ1) is 40.1. The van der Waals surface area contributed by atoms with Crippen LogP contribution < -0.4 is 4.90 Å². The first-order chi connectivity index (χ1) is 34.2. The molecule has 0 aromatic heterocycles. The Morgan fingerprint density at radius 1 is 0.290 bits per heavy atom.